The summed E-state index contributed by atoms with van der Waals surface area (Å²) >= 11 is 6.52. The molecule has 0 saturated heterocycles. The van der Waals surface area contributed by atoms with Crippen molar-refractivity contribution in [3.63, 3.8) is 0 Å². The molecule has 1 heterocycles. The van der Waals surface area contributed by atoms with Gasteiger partial charge in [-0.05, 0) is 71.9 Å². The van der Waals surface area contributed by atoms with E-state index in [4.69, 9.17) is 26.6 Å². The Labute approximate surface area is 229 Å². The Morgan fingerprint density at radius 3 is 1.14 bits per heavy atom. The summed E-state index contributed by atoms with van der Waals surface area (Å²) in [5, 5.41) is 0.618. The van der Waals surface area contributed by atoms with Crippen LogP contribution in [0.4, 0.5) is 11.4 Å². The van der Waals surface area contributed by atoms with Gasteiger partial charge in [0.15, 0.2) is 0 Å². The van der Waals surface area contributed by atoms with Crippen molar-refractivity contribution in [1.29, 1.82) is 0 Å². The van der Waals surface area contributed by atoms with E-state index in [0.717, 1.165) is 22.8 Å². The first-order chi connectivity index (χ1) is 17.4. The Hall–Kier alpha value is -2.78. The maximum atomic E-state index is 6.52. The van der Waals surface area contributed by atoms with E-state index in [1.807, 2.05) is 24.6 Å². The summed E-state index contributed by atoms with van der Waals surface area (Å²) in [6, 6.07) is 12.7. The lowest BCUT2D eigenvalue weighted by molar-refractivity contribution is 0.832. The van der Waals surface area contributed by atoms with Crippen LogP contribution in [0, 0.1) is 13.8 Å². The SMILES string of the molecule is Cc1cc(C(C)C)c(N=Cc2cc(Cl)cc(C=Nc3c(C(C)C)cc(C)cc3C(C)C)n2)c(C(C)C)c1. The van der Waals surface area contributed by atoms with Gasteiger partial charge in [-0.2, -0.15) is 0 Å². The fraction of sp³-hybridized carbons (Fsp3) is 0.424. The maximum absolute atomic E-state index is 6.52. The van der Waals surface area contributed by atoms with E-state index >= 15 is 0 Å². The highest BCUT2D eigenvalue weighted by atomic mass is 35.5. The molecule has 0 saturated carbocycles. The monoisotopic (exact) mass is 515 g/mol. The van der Waals surface area contributed by atoms with E-state index in [0.29, 0.717) is 28.7 Å². The van der Waals surface area contributed by atoms with Crippen molar-refractivity contribution >= 4 is 35.4 Å². The van der Waals surface area contributed by atoms with E-state index in [-0.39, 0.29) is 0 Å². The standard InChI is InChI=1S/C33H42ClN3/c1-19(2)28-11-23(9)12-29(20(3)4)32(28)35-17-26-15-25(34)16-27(37-26)18-36-33-30(21(5)6)13-24(10)14-31(33)22(7)8/h11-22H,1-10H3. The van der Waals surface area contributed by atoms with E-state index in [2.05, 4.69) is 93.5 Å². The molecule has 0 amide bonds. The number of hydrogen-bond donors (Lipinski definition) is 0. The highest BCUT2D eigenvalue weighted by molar-refractivity contribution is 6.31. The number of aryl methyl sites for hydroxylation is 2. The third kappa shape index (κ3) is 7.17. The van der Waals surface area contributed by atoms with Crippen LogP contribution in [-0.2, 0) is 0 Å². The lowest BCUT2D eigenvalue weighted by Gasteiger charge is -2.18. The Morgan fingerprint density at radius 1 is 0.568 bits per heavy atom. The molecule has 0 atom stereocenters. The van der Waals surface area contributed by atoms with E-state index in [1.165, 1.54) is 33.4 Å². The zero-order chi connectivity index (χ0) is 27.4. The first-order valence-electron chi connectivity index (χ1n) is 13.4. The van der Waals surface area contributed by atoms with Gasteiger partial charge < -0.3 is 0 Å². The molecule has 0 N–H and O–H groups in total. The fourth-order valence-corrected chi connectivity index (χ4v) is 4.88. The minimum absolute atomic E-state index is 0.374. The Morgan fingerprint density at radius 2 is 0.865 bits per heavy atom. The fourth-order valence-electron chi connectivity index (χ4n) is 4.66. The zero-order valence-electron chi connectivity index (χ0n) is 24.1. The summed E-state index contributed by atoms with van der Waals surface area (Å²) < 4.78 is 0. The van der Waals surface area contributed by atoms with Crippen molar-refractivity contribution in [3.8, 4) is 0 Å². The molecule has 37 heavy (non-hydrogen) atoms. The number of aromatic nitrogens is 1. The lowest BCUT2D eigenvalue weighted by atomic mass is 9.91. The van der Waals surface area contributed by atoms with Crippen molar-refractivity contribution in [2.24, 2.45) is 9.98 Å². The molecule has 196 valence electrons. The van der Waals surface area contributed by atoms with Gasteiger partial charge in [0.1, 0.15) is 0 Å². The second kappa shape index (κ2) is 12.2. The van der Waals surface area contributed by atoms with Crippen molar-refractivity contribution in [1.82, 2.24) is 4.98 Å². The normalized spacial score (nSPS) is 12.4. The largest absolute Gasteiger partial charge is 0.254 e. The molecular formula is C33H42ClN3. The van der Waals surface area contributed by atoms with Gasteiger partial charge in [0.25, 0.3) is 0 Å². The molecule has 3 rings (SSSR count). The van der Waals surface area contributed by atoms with Crippen LogP contribution in [0.5, 0.6) is 0 Å². The minimum atomic E-state index is 0.374. The van der Waals surface area contributed by atoms with Crippen LogP contribution in [0.15, 0.2) is 46.4 Å². The highest BCUT2D eigenvalue weighted by Gasteiger charge is 2.16. The maximum Gasteiger partial charge on any atom is 0.0835 e. The zero-order valence-corrected chi connectivity index (χ0v) is 24.9. The van der Waals surface area contributed by atoms with Crippen LogP contribution < -0.4 is 0 Å². The van der Waals surface area contributed by atoms with Gasteiger partial charge in [-0.3, -0.25) is 9.98 Å². The van der Waals surface area contributed by atoms with Crippen molar-refractivity contribution in [2.75, 3.05) is 0 Å². The molecule has 3 nitrogen and oxygen atoms in total. The van der Waals surface area contributed by atoms with Gasteiger partial charge in [-0.1, -0.05) is 102 Å². The molecule has 2 aromatic carbocycles. The number of nitrogens with zero attached hydrogens (tertiary/aromatic N) is 3. The number of rotatable bonds is 8. The first-order valence-corrected chi connectivity index (χ1v) is 13.8. The van der Waals surface area contributed by atoms with Crippen LogP contribution >= 0.6 is 11.6 Å². The van der Waals surface area contributed by atoms with Crippen LogP contribution in [0.3, 0.4) is 0 Å². The quantitative estimate of drug-likeness (QED) is 0.275. The smallest absolute Gasteiger partial charge is 0.0835 e. The van der Waals surface area contributed by atoms with E-state index in [9.17, 15) is 0 Å². The van der Waals surface area contributed by atoms with Crippen LogP contribution in [0.1, 0.15) is 124 Å². The molecule has 3 aromatic rings. The molecule has 1 aromatic heterocycles. The predicted molar refractivity (Wildman–Crippen MR) is 162 cm³/mol. The summed E-state index contributed by atoms with van der Waals surface area (Å²) in [6.07, 6.45) is 3.66. The molecule has 0 aliphatic heterocycles. The molecule has 4 heteroatoms. The van der Waals surface area contributed by atoms with Crippen molar-refractivity contribution < 1.29 is 0 Å². The summed E-state index contributed by atoms with van der Waals surface area (Å²) in [6.45, 7) is 22.0. The minimum Gasteiger partial charge on any atom is -0.254 e. The third-order valence-corrected chi connectivity index (χ3v) is 6.81. The molecule has 0 aliphatic carbocycles. The topological polar surface area (TPSA) is 37.6 Å². The van der Waals surface area contributed by atoms with Gasteiger partial charge in [0, 0.05) is 5.02 Å². The van der Waals surface area contributed by atoms with Crippen molar-refractivity contribution in [3.05, 3.63) is 86.2 Å². The molecule has 0 bridgehead atoms. The molecule has 0 unspecified atom stereocenters. The summed E-state index contributed by atoms with van der Waals surface area (Å²) in [5.41, 5.74) is 11.1. The third-order valence-electron chi connectivity index (χ3n) is 6.60. The summed E-state index contributed by atoms with van der Waals surface area (Å²) in [5.74, 6) is 1.50. The van der Waals surface area contributed by atoms with Crippen LogP contribution in [0.25, 0.3) is 0 Å². The lowest BCUT2D eigenvalue weighted by Crippen LogP contribution is -1.99. The van der Waals surface area contributed by atoms with E-state index < -0.39 is 0 Å². The summed E-state index contributed by atoms with van der Waals surface area (Å²) in [7, 11) is 0. The number of halogens is 1. The first kappa shape index (κ1) is 28.8. The Kier molecular flexibility index (Phi) is 9.47. The molecular weight excluding hydrogens is 474 g/mol. The van der Waals surface area contributed by atoms with Gasteiger partial charge in [-0.25, -0.2) is 4.98 Å². The van der Waals surface area contributed by atoms with Gasteiger partial charge >= 0.3 is 0 Å². The van der Waals surface area contributed by atoms with Crippen molar-refractivity contribution in [2.45, 2.75) is 92.9 Å². The van der Waals surface area contributed by atoms with Crippen LogP contribution in [-0.4, -0.2) is 17.4 Å². The average molecular weight is 516 g/mol. The number of aliphatic imine (C=N–C) groups is 2. The Balaban J connectivity index is 2.05. The molecule has 0 aliphatic rings. The summed E-state index contributed by atoms with van der Waals surface area (Å²) in [4.78, 5) is 14.7. The average Bonchev–Trinajstić information content (AvgIpc) is 2.80. The highest BCUT2D eigenvalue weighted by Crippen LogP contribution is 2.37. The number of hydrogen-bond acceptors (Lipinski definition) is 3. The van der Waals surface area contributed by atoms with Gasteiger partial charge in [-0.15, -0.1) is 0 Å². The molecule has 0 spiro atoms. The molecule has 0 radical (unpaired) electrons. The molecule has 0 fully saturated rings. The number of benzene rings is 2. The second-order valence-electron chi connectivity index (χ2n) is 11.4. The Bertz CT molecular complexity index is 1160. The van der Waals surface area contributed by atoms with Gasteiger partial charge in [0.05, 0.1) is 35.2 Å². The van der Waals surface area contributed by atoms with E-state index in [1.54, 1.807) is 0 Å². The van der Waals surface area contributed by atoms with Crippen LogP contribution in [0.2, 0.25) is 5.02 Å². The predicted octanol–water partition coefficient (Wildman–Crippen LogP) is 10.3. The second-order valence-corrected chi connectivity index (χ2v) is 11.8. The number of pyridine rings is 1. The van der Waals surface area contributed by atoms with Gasteiger partial charge in [0.2, 0.25) is 0 Å².